The van der Waals surface area contributed by atoms with Gasteiger partial charge in [-0.05, 0) is 71.7 Å². The number of nitrogens with one attached hydrogen (secondary N) is 1. The number of sulfonamides is 1. The highest BCUT2D eigenvalue weighted by Gasteiger charge is 2.29. The number of aryl methyl sites for hydroxylation is 1. The fraction of sp³-hybridized carbons (Fsp3) is 0.231. The number of ether oxygens (including phenoxy) is 1. The molecule has 3 aromatic carbocycles. The molecule has 0 aliphatic heterocycles. The third kappa shape index (κ3) is 6.64. The van der Waals surface area contributed by atoms with E-state index in [1.807, 2.05) is 44.1 Å². The Balaban J connectivity index is 1.87. The standard InChI is InChI=1S/C26H29BrN4O4S/c1-5-35-25-9-7-6-8-24(25)31(36(33,34)21-13-10-19(2)11-14-21)18-26(32)29-28-17-20-12-15-23(30(3)4)22(27)16-20/h6-17H,5,18H2,1-4H3,(H,29,32)/b28-17-. The predicted octanol–water partition coefficient (Wildman–Crippen LogP) is 4.57. The van der Waals surface area contributed by atoms with E-state index in [1.165, 1.54) is 18.3 Å². The quantitative estimate of drug-likeness (QED) is 0.284. The summed E-state index contributed by atoms with van der Waals surface area (Å²) in [6.45, 7) is 3.53. The van der Waals surface area contributed by atoms with E-state index in [2.05, 4.69) is 26.5 Å². The number of carbonyl (C=O) groups excluding carboxylic acids is 1. The molecule has 0 spiro atoms. The molecule has 190 valence electrons. The molecule has 0 saturated carbocycles. The minimum Gasteiger partial charge on any atom is -0.492 e. The largest absolute Gasteiger partial charge is 0.492 e. The van der Waals surface area contributed by atoms with Gasteiger partial charge in [-0.2, -0.15) is 5.10 Å². The molecule has 1 amide bonds. The van der Waals surface area contributed by atoms with Gasteiger partial charge < -0.3 is 9.64 Å². The lowest BCUT2D eigenvalue weighted by Crippen LogP contribution is -2.39. The molecule has 0 heterocycles. The third-order valence-corrected chi connectivity index (χ3v) is 7.60. The molecule has 0 aliphatic rings. The van der Waals surface area contributed by atoms with E-state index in [4.69, 9.17) is 4.74 Å². The molecule has 0 fully saturated rings. The molecule has 36 heavy (non-hydrogen) atoms. The normalized spacial score (nSPS) is 11.4. The van der Waals surface area contributed by atoms with E-state index in [0.29, 0.717) is 12.4 Å². The van der Waals surface area contributed by atoms with E-state index in [9.17, 15) is 13.2 Å². The smallest absolute Gasteiger partial charge is 0.264 e. The maximum absolute atomic E-state index is 13.6. The number of benzene rings is 3. The summed E-state index contributed by atoms with van der Waals surface area (Å²) in [5.74, 6) is -0.241. The number of hydrogen-bond acceptors (Lipinski definition) is 6. The van der Waals surface area contributed by atoms with Crippen molar-refractivity contribution in [1.29, 1.82) is 0 Å². The molecule has 0 bridgehead atoms. The zero-order chi connectivity index (χ0) is 26.3. The van der Waals surface area contributed by atoms with Crippen molar-refractivity contribution in [2.75, 3.05) is 36.5 Å². The van der Waals surface area contributed by atoms with Gasteiger partial charge in [0.05, 0.1) is 29.1 Å². The van der Waals surface area contributed by atoms with Gasteiger partial charge in [0.1, 0.15) is 12.3 Å². The van der Waals surface area contributed by atoms with Crippen LogP contribution in [0.2, 0.25) is 0 Å². The van der Waals surface area contributed by atoms with Crippen molar-refractivity contribution in [2.24, 2.45) is 5.10 Å². The summed E-state index contributed by atoms with van der Waals surface area (Å²) in [7, 11) is -0.195. The summed E-state index contributed by atoms with van der Waals surface area (Å²) in [6.07, 6.45) is 1.50. The molecule has 0 atom stereocenters. The summed E-state index contributed by atoms with van der Waals surface area (Å²) in [5.41, 5.74) is 5.38. The highest BCUT2D eigenvalue weighted by Crippen LogP contribution is 2.32. The van der Waals surface area contributed by atoms with Gasteiger partial charge in [-0.1, -0.05) is 35.9 Å². The second kappa shape index (κ2) is 12.0. The maximum Gasteiger partial charge on any atom is 0.264 e. The Morgan fingerprint density at radius 1 is 1.06 bits per heavy atom. The van der Waals surface area contributed by atoms with Gasteiger partial charge in [-0.15, -0.1) is 0 Å². The van der Waals surface area contributed by atoms with E-state index < -0.39 is 22.5 Å². The van der Waals surface area contributed by atoms with Crippen LogP contribution >= 0.6 is 15.9 Å². The van der Waals surface area contributed by atoms with Crippen LogP contribution in [0.3, 0.4) is 0 Å². The molecular weight excluding hydrogens is 544 g/mol. The van der Waals surface area contributed by atoms with Crippen molar-refractivity contribution < 1.29 is 17.9 Å². The van der Waals surface area contributed by atoms with Crippen LogP contribution in [0.15, 0.2) is 81.2 Å². The van der Waals surface area contributed by atoms with Crippen molar-refractivity contribution >= 4 is 49.4 Å². The molecule has 0 aromatic heterocycles. The van der Waals surface area contributed by atoms with Crippen LogP contribution in [0.25, 0.3) is 0 Å². The third-order valence-electron chi connectivity index (χ3n) is 5.19. The number of hydrazone groups is 1. The van der Waals surface area contributed by atoms with Crippen LogP contribution in [0.1, 0.15) is 18.1 Å². The topological polar surface area (TPSA) is 91.3 Å². The molecule has 3 rings (SSSR count). The van der Waals surface area contributed by atoms with Crippen LogP contribution in [0.4, 0.5) is 11.4 Å². The molecule has 0 unspecified atom stereocenters. The second-order valence-corrected chi connectivity index (χ2v) is 10.8. The summed E-state index contributed by atoms with van der Waals surface area (Å²) < 4.78 is 34.8. The number of hydrogen-bond donors (Lipinski definition) is 1. The van der Waals surface area contributed by atoms with E-state index >= 15 is 0 Å². The van der Waals surface area contributed by atoms with Gasteiger partial charge in [0.15, 0.2) is 0 Å². The van der Waals surface area contributed by atoms with Crippen LogP contribution in [0, 0.1) is 6.92 Å². The highest BCUT2D eigenvalue weighted by atomic mass is 79.9. The SMILES string of the molecule is CCOc1ccccc1N(CC(=O)N/N=C\c1ccc(N(C)C)c(Br)c1)S(=O)(=O)c1ccc(C)cc1. The Bertz CT molecular complexity index is 1340. The summed E-state index contributed by atoms with van der Waals surface area (Å²) in [4.78, 5) is 14.9. The molecule has 1 N–H and O–H groups in total. The Kier molecular flexibility index (Phi) is 9.11. The molecule has 8 nitrogen and oxygen atoms in total. The second-order valence-electron chi connectivity index (χ2n) is 8.12. The van der Waals surface area contributed by atoms with E-state index in [0.717, 1.165) is 25.6 Å². The lowest BCUT2D eigenvalue weighted by molar-refractivity contribution is -0.119. The number of halogens is 1. The molecule has 0 aliphatic carbocycles. The van der Waals surface area contributed by atoms with Crippen molar-refractivity contribution in [3.05, 3.63) is 82.3 Å². The Morgan fingerprint density at radius 3 is 2.39 bits per heavy atom. The number of carbonyl (C=O) groups is 1. The fourth-order valence-corrected chi connectivity index (χ4v) is 5.57. The minimum absolute atomic E-state index is 0.0709. The Labute approximate surface area is 220 Å². The first-order valence-electron chi connectivity index (χ1n) is 11.2. The van der Waals surface area contributed by atoms with Crippen molar-refractivity contribution in [3.8, 4) is 5.75 Å². The van der Waals surface area contributed by atoms with Gasteiger partial charge in [0.2, 0.25) is 0 Å². The van der Waals surface area contributed by atoms with Gasteiger partial charge in [-0.3, -0.25) is 9.10 Å². The fourth-order valence-electron chi connectivity index (χ4n) is 3.39. The van der Waals surface area contributed by atoms with E-state index in [1.54, 1.807) is 43.3 Å². The summed E-state index contributed by atoms with van der Waals surface area (Å²) in [5, 5.41) is 4.02. The van der Waals surface area contributed by atoms with E-state index in [-0.39, 0.29) is 10.6 Å². The lowest BCUT2D eigenvalue weighted by Gasteiger charge is -2.25. The zero-order valence-corrected chi connectivity index (χ0v) is 23.0. The molecule has 0 radical (unpaired) electrons. The van der Waals surface area contributed by atoms with Gasteiger partial charge in [0.25, 0.3) is 15.9 Å². The first-order valence-corrected chi connectivity index (χ1v) is 13.5. The van der Waals surface area contributed by atoms with Gasteiger partial charge >= 0.3 is 0 Å². The van der Waals surface area contributed by atoms with Crippen molar-refractivity contribution in [3.63, 3.8) is 0 Å². The van der Waals surface area contributed by atoms with Crippen LogP contribution in [-0.2, 0) is 14.8 Å². The first kappa shape index (κ1) is 27.2. The first-order chi connectivity index (χ1) is 17.1. The Hall–Kier alpha value is -3.37. The van der Waals surface area contributed by atoms with Gasteiger partial charge in [0, 0.05) is 18.6 Å². The highest BCUT2D eigenvalue weighted by molar-refractivity contribution is 9.10. The monoisotopic (exact) mass is 572 g/mol. The summed E-state index contributed by atoms with van der Waals surface area (Å²) in [6, 6.07) is 18.8. The van der Waals surface area contributed by atoms with Crippen molar-refractivity contribution in [2.45, 2.75) is 18.7 Å². The number of nitrogens with zero attached hydrogens (tertiary/aromatic N) is 3. The number of anilines is 2. The predicted molar refractivity (Wildman–Crippen MR) is 148 cm³/mol. The minimum atomic E-state index is -4.07. The summed E-state index contributed by atoms with van der Waals surface area (Å²) >= 11 is 3.52. The van der Waals surface area contributed by atoms with Gasteiger partial charge in [-0.25, -0.2) is 13.8 Å². The van der Waals surface area contributed by atoms with Crippen LogP contribution < -0.4 is 19.4 Å². The zero-order valence-electron chi connectivity index (χ0n) is 20.6. The molecule has 10 heteroatoms. The van der Waals surface area contributed by atoms with Crippen LogP contribution in [-0.4, -0.2) is 47.8 Å². The van der Waals surface area contributed by atoms with Crippen molar-refractivity contribution in [1.82, 2.24) is 5.43 Å². The molecule has 3 aromatic rings. The average Bonchev–Trinajstić information content (AvgIpc) is 2.83. The number of rotatable bonds is 10. The lowest BCUT2D eigenvalue weighted by atomic mass is 10.2. The molecular formula is C26H29BrN4O4S. The number of amides is 1. The number of para-hydroxylation sites is 2. The average molecular weight is 574 g/mol. The maximum atomic E-state index is 13.6. The molecule has 0 saturated heterocycles. The Morgan fingerprint density at radius 2 is 1.75 bits per heavy atom. The van der Waals surface area contributed by atoms with Crippen LogP contribution in [0.5, 0.6) is 5.75 Å².